The van der Waals surface area contributed by atoms with Crippen LogP contribution in [0.25, 0.3) is 15.9 Å². The van der Waals surface area contributed by atoms with Crippen LogP contribution in [0.5, 0.6) is 0 Å². The van der Waals surface area contributed by atoms with Gasteiger partial charge in [-0.2, -0.15) is 0 Å². The number of imidazole rings is 1. The molecule has 2 aromatic rings. The summed E-state index contributed by atoms with van der Waals surface area (Å²) in [5.74, 6) is 1.34. The summed E-state index contributed by atoms with van der Waals surface area (Å²) in [5, 5.41) is 0. The van der Waals surface area contributed by atoms with Gasteiger partial charge in [0, 0.05) is 18.2 Å². The Balaban J connectivity index is 2.14. The fourth-order valence-corrected chi connectivity index (χ4v) is 2.70. The van der Waals surface area contributed by atoms with Crippen LogP contribution in [-0.4, -0.2) is 21.1 Å². The summed E-state index contributed by atoms with van der Waals surface area (Å²) >= 11 is 1.65. The van der Waals surface area contributed by atoms with Gasteiger partial charge in [-0.3, -0.25) is 4.57 Å². The number of aryl methyl sites for hydroxylation is 1. The molecule has 0 fully saturated rings. The number of H-pyrrole nitrogens is 1. The lowest BCUT2D eigenvalue weighted by molar-refractivity contribution is 0.891. The topological polar surface area (TPSA) is 76.2 Å². The van der Waals surface area contributed by atoms with E-state index in [2.05, 4.69) is 9.98 Å². The minimum absolute atomic E-state index is 0.102. The number of aliphatic imine (C=N–C) groups is 1. The smallest absolute Gasteiger partial charge is 0.326 e. The normalized spacial score (nSPS) is 15.6. The Hall–Kier alpha value is -1.95. The number of nitrogens with one attached hydrogen (secondary N) is 1. The zero-order valence-corrected chi connectivity index (χ0v) is 10.6. The number of hydrogen-bond acceptors (Lipinski definition) is 4. The first-order valence-corrected chi connectivity index (χ1v) is 6.48. The van der Waals surface area contributed by atoms with Gasteiger partial charge in [0.15, 0.2) is 0 Å². The van der Waals surface area contributed by atoms with Gasteiger partial charge < -0.3 is 10.7 Å². The first-order valence-electron chi connectivity index (χ1n) is 5.49. The molecule has 92 valence electrons. The van der Waals surface area contributed by atoms with E-state index in [1.165, 1.54) is 0 Å². The average Bonchev–Trinajstić information content (AvgIpc) is 2.66. The highest BCUT2D eigenvalue weighted by Crippen LogP contribution is 2.31. The van der Waals surface area contributed by atoms with Gasteiger partial charge in [-0.25, -0.2) is 9.79 Å². The molecule has 0 amide bonds. The molecular formula is C12H12N4OS. The highest BCUT2D eigenvalue weighted by atomic mass is 32.2. The molecule has 1 aliphatic heterocycles. The van der Waals surface area contributed by atoms with Gasteiger partial charge in [0.25, 0.3) is 0 Å². The van der Waals surface area contributed by atoms with Crippen molar-refractivity contribution in [1.82, 2.24) is 9.55 Å². The van der Waals surface area contributed by atoms with Crippen molar-refractivity contribution in [3.8, 4) is 0 Å². The predicted molar refractivity (Wildman–Crippen MR) is 75.6 cm³/mol. The second-order valence-corrected chi connectivity index (χ2v) is 5.14. The molecule has 5 nitrogen and oxygen atoms in total. The summed E-state index contributed by atoms with van der Waals surface area (Å²) in [4.78, 5) is 19.5. The van der Waals surface area contributed by atoms with E-state index in [9.17, 15) is 4.79 Å². The molecule has 0 aliphatic carbocycles. The number of rotatable bonds is 1. The van der Waals surface area contributed by atoms with E-state index >= 15 is 0 Å². The molecule has 0 bridgehead atoms. The van der Waals surface area contributed by atoms with E-state index in [-0.39, 0.29) is 5.69 Å². The largest absolute Gasteiger partial charge is 0.386 e. The number of fused-ring (bicyclic) bond motifs is 1. The number of aromatic nitrogens is 2. The molecule has 0 unspecified atom stereocenters. The van der Waals surface area contributed by atoms with Crippen LogP contribution >= 0.6 is 11.8 Å². The Labute approximate surface area is 107 Å². The van der Waals surface area contributed by atoms with E-state index < -0.39 is 0 Å². The van der Waals surface area contributed by atoms with Gasteiger partial charge in [-0.1, -0.05) is 6.07 Å². The number of aromatic amines is 1. The number of nitrogens with zero attached hydrogens (tertiary/aromatic N) is 2. The van der Waals surface area contributed by atoms with Gasteiger partial charge in [-0.05, 0) is 17.7 Å². The maximum atomic E-state index is 11.5. The third kappa shape index (κ3) is 1.74. The molecule has 1 aromatic heterocycles. The monoisotopic (exact) mass is 260 g/mol. The highest BCUT2D eigenvalue weighted by Gasteiger charge is 2.10. The number of benzene rings is 1. The zero-order valence-electron chi connectivity index (χ0n) is 9.80. The SMILES string of the molecule is Cn1c(=O)[nH]c2ccc(C3=CN=C(N)CS3)cc21. The van der Waals surface area contributed by atoms with Crippen molar-refractivity contribution in [1.29, 1.82) is 0 Å². The zero-order chi connectivity index (χ0) is 12.7. The predicted octanol–water partition coefficient (Wildman–Crippen LogP) is 1.27. The van der Waals surface area contributed by atoms with Crippen LogP contribution in [0.3, 0.4) is 0 Å². The summed E-state index contributed by atoms with van der Waals surface area (Å²) < 4.78 is 1.60. The van der Waals surface area contributed by atoms with Gasteiger partial charge in [0.2, 0.25) is 0 Å². The standard InChI is InChI=1S/C12H12N4OS/c1-16-9-4-7(2-3-8(9)15-12(16)17)10-5-14-11(13)6-18-10/h2-5H,6H2,1H3,(H2,13,14)(H,15,17). The number of hydrogen-bond donors (Lipinski definition) is 2. The Morgan fingerprint density at radius 1 is 1.50 bits per heavy atom. The van der Waals surface area contributed by atoms with E-state index in [1.54, 1.807) is 29.6 Å². The molecule has 3 rings (SSSR count). The molecule has 0 atom stereocenters. The van der Waals surface area contributed by atoms with Crippen LogP contribution in [-0.2, 0) is 7.05 Å². The van der Waals surface area contributed by atoms with E-state index in [4.69, 9.17) is 5.73 Å². The Morgan fingerprint density at radius 2 is 2.33 bits per heavy atom. The molecule has 0 saturated carbocycles. The Kier molecular flexibility index (Phi) is 2.52. The van der Waals surface area contributed by atoms with Gasteiger partial charge in [-0.15, -0.1) is 11.8 Å². The van der Waals surface area contributed by atoms with Crippen LogP contribution in [0.2, 0.25) is 0 Å². The summed E-state index contributed by atoms with van der Waals surface area (Å²) in [6.45, 7) is 0. The van der Waals surface area contributed by atoms with Crippen LogP contribution in [0.4, 0.5) is 0 Å². The number of amidine groups is 1. The van der Waals surface area contributed by atoms with Crippen molar-refractivity contribution in [2.24, 2.45) is 17.8 Å². The fourth-order valence-electron chi connectivity index (χ4n) is 1.90. The second kappa shape index (κ2) is 4.06. The molecule has 18 heavy (non-hydrogen) atoms. The fraction of sp³-hybridized carbons (Fsp3) is 0.167. The van der Waals surface area contributed by atoms with Crippen LogP contribution in [0, 0.1) is 0 Å². The minimum Gasteiger partial charge on any atom is -0.386 e. The van der Waals surface area contributed by atoms with E-state index in [0.717, 1.165) is 21.5 Å². The summed E-state index contributed by atoms with van der Waals surface area (Å²) in [7, 11) is 1.75. The lowest BCUT2D eigenvalue weighted by Gasteiger charge is -2.10. The van der Waals surface area contributed by atoms with Crippen molar-refractivity contribution < 1.29 is 0 Å². The minimum atomic E-state index is -0.102. The van der Waals surface area contributed by atoms with E-state index in [0.29, 0.717) is 11.6 Å². The molecule has 0 saturated heterocycles. The Morgan fingerprint density at radius 3 is 3.06 bits per heavy atom. The molecule has 2 heterocycles. The molecule has 1 aromatic carbocycles. The summed E-state index contributed by atoms with van der Waals surface area (Å²) in [5.41, 5.74) is 8.31. The first kappa shape index (κ1) is 11.2. The molecule has 0 spiro atoms. The second-order valence-electron chi connectivity index (χ2n) is 4.12. The van der Waals surface area contributed by atoms with Crippen LogP contribution in [0.1, 0.15) is 5.56 Å². The quantitative estimate of drug-likeness (QED) is 0.810. The maximum absolute atomic E-state index is 11.5. The molecular weight excluding hydrogens is 248 g/mol. The van der Waals surface area contributed by atoms with Crippen molar-refractivity contribution in [2.75, 3.05) is 5.75 Å². The average molecular weight is 260 g/mol. The van der Waals surface area contributed by atoms with Crippen molar-refractivity contribution in [3.63, 3.8) is 0 Å². The lowest BCUT2D eigenvalue weighted by Crippen LogP contribution is -2.15. The van der Waals surface area contributed by atoms with Gasteiger partial charge in [0.05, 0.1) is 16.8 Å². The van der Waals surface area contributed by atoms with Gasteiger partial charge >= 0.3 is 5.69 Å². The maximum Gasteiger partial charge on any atom is 0.326 e. The van der Waals surface area contributed by atoms with Crippen molar-refractivity contribution in [2.45, 2.75) is 0 Å². The van der Waals surface area contributed by atoms with Gasteiger partial charge in [0.1, 0.15) is 5.84 Å². The molecule has 6 heteroatoms. The van der Waals surface area contributed by atoms with Crippen LogP contribution < -0.4 is 11.4 Å². The van der Waals surface area contributed by atoms with E-state index in [1.807, 2.05) is 18.2 Å². The Bertz CT molecular complexity index is 738. The third-order valence-electron chi connectivity index (χ3n) is 2.91. The molecule has 3 N–H and O–H groups in total. The number of thioether (sulfide) groups is 1. The summed E-state index contributed by atoms with van der Waals surface area (Å²) in [6, 6.07) is 5.88. The first-order chi connectivity index (χ1) is 8.65. The van der Waals surface area contributed by atoms with Crippen LogP contribution in [0.15, 0.2) is 34.2 Å². The molecule has 1 aliphatic rings. The highest BCUT2D eigenvalue weighted by molar-refractivity contribution is 8.08. The lowest BCUT2D eigenvalue weighted by atomic mass is 10.2. The van der Waals surface area contributed by atoms with Crippen molar-refractivity contribution in [3.05, 3.63) is 40.4 Å². The third-order valence-corrected chi connectivity index (χ3v) is 4.01. The molecule has 0 radical (unpaired) electrons. The number of nitrogens with two attached hydrogens (primary N) is 1. The summed E-state index contributed by atoms with van der Waals surface area (Å²) in [6.07, 6.45) is 1.77. The van der Waals surface area contributed by atoms with Crippen molar-refractivity contribution >= 4 is 33.5 Å².